The van der Waals surface area contributed by atoms with Gasteiger partial charge in [-0.25, -0.2) is 0 Å². The molecule has 0 unspecified atom stereocenters. The van der Waals surface area contributed by atoms with Gasteiger partial charge < -0.3 is 14.8 Å². The minimum atomic E-state index is -1.64. The van der Waals surface area contributed by atoms with E-state index in [1.54, 1.807) is 12.1 Å². The van der Waals surface area contributed by atoms with Gasteiger partial charge >= 0.3 is 7.12 Å². The van der Waals surface area contributed by atoms with E-state index in [1.165, 1.54) is 18.2 Å². The molecule has 0 aliphatic heterocycles. The molecule has 0 saturated heterocycles. The Balaban J connectivity index is 2.32. The Kier molecular flexibility index (Phi) is 3.77. The van der Waals surface area contributed by atoms with Crippen molar-refractivity contribution < 1.29 is 19.6 Å². The zero-order valence-electron chi connectivity index (χ0n) is 9.48. The molecule has 0 fully saturated rings. The first-order valence-corrected chi connectivity index (χ1v) is 5.38. The van der Waals surface area contributed by atoms with E-state index < -0.39 is 7.12 Å². The lowest BCUT2D eigenvalue weighted by Crippen LogP contribution is -2.30. The van der Waals surface area contributed by atoms with E-state index in [1.807, 2.05) is 18.2 Å². The number of aldehydes is 1. The number of ether oxygens (including phenoxy) is 1. The normalized spacial score (nSPS) is 9.89. The summed E-state index contributed by atoms with van der Waals surface area (Å²) in [5, 5.41) is 18.2. The van der Waals surface area contributed by atoms with Gasteiger partial charge in [-0.2, -0.15) is 0 Å². The van der Waals surface area contributed by atoms with Crippen LogP contribution >= 0.6 is 0 Å². The maximum Gasteiger partial charge on any atom is 0.488 e. The van der Waals surface area contributed by atoms with Crippen LogP contribution in [0, 0.1) is 0 Å². The third-order valence-electron chi connectivity index (χ3n) is 2.36. The number of hydrogen-bond donors (Lipinski definition) is 2. The van der Waals surface area contributed by atoms with Gasteiger partial charge in [-0.1, -0.05) is 24.3 Å². The van der Waals surface area contributed by atoms with E-state index in [0.29, 0.717) is 23.3 Å². The second kappa shape index (κ2) is 5.49. The van der Waals surface area contributed by atoms with Gasteiger partial charge in [0, 0.05) is 5.56 Å². The van der Waals surface area contributed by atoms with Crippen molar-refractivity contribution in [3.63, 3.8) is 0 Å². The van der Waals surface area contributed by atoms with Crippen molar-refractivity contribution in [3.05, 3.63) is 54.1 Å². The fourth-order valence-corrected chi connectivity index (χ4v) is 1.55. The Morgan fingerprint density at radius 1 is 1.00 bits per heavy atom. The molecule has 4 nitrogen and oxygen atoms in total. The van der Waals surface area contributed by atoms with E-state index in [9.17, 15) is 4.79 Å². The zero-order chi connectivity index (χ0) is 13.0. The zero-order valence-corrected chi connectivity index (χ0v) is 9.48. The molecule has 0 aliphatic rings. The molecule has 2 aromatic rings. The highest BCUT2D eigenvalue weighted by molar-refractivity contribution is 6.58. The predicted molar refractivity (Wildman–Crippen MR) is 68.2 cm³/mol. The van der Waals surface area contributed by atoms with Gasteiger partial charge in [-0.15, -0.1) is 0 Å². The van der Waals surface area contributed by atoms with E-state index in [2.05, 4.69) is 0 Å². The lowest BCUT2D eigenvalue weighted by molar-refractivity contribution is 0.112. The maximum absolute atomic E-state index is 10.8. The highest BCUT2D eigenvalue weighted by Gasteiger charge is 2.13. The average molecular weight is 242 g/mol. The second-order valence-electron chi connectivity index (χ2n) is 3.74. The van der Waals surface area contributed by atoms with Crippen LogP contribution in [0.5, 0.6) is 11.5 Å². The van der Waals surface area contributed by atoms with Gasteiger partial charge in [0.05, 0.1) is 0 Å². The van der Waals surface area contributed by atoms with E-state index in [0.717, 1.165) is 0 Å². The highest BCUT2D eigenvalue weighted by atomic mass is 16.5. The summed E-state index contributed by atoms with van der Waals surface area (Å²) >= 11 is 0. The Labute approximate surface area is 105 Å². The highest BCUT2D eigenvalue weighted by Crippen LogP contribution is 2.20. The molecule has 0 saturated carbocycles. The molecular weight excluding hydrogens is 231 g/mol. The number of benzene rings is 2. The Morgan fingerprint density at radius 2 is 1.72 bits per heavy atom. The molecule has 5 heteroatoms. The summed E-state index contributed by atoms with van der Waals surface area (Å²) in [7, 11) is -1.64. The summed E-state index contributed by atoms with van der Waals surface area (Å²) < 4.78 is 5.53. The molecule has 2 aromatic carbocycles. The third-order valence-corrected chi connectivity index (χ3v) is 2.36. The minimum Gasteiger partial charge on any atom is -0.457 e. The van der Waals surface area contributed by atoms with E-state index in [-0.39, 0.29) is 5.46 Å². The van der Waals surface area contributed by atoms with Crippen molar-refractivity contribution in [2.45, 2.75) is 0 Å². The average Bonchev–Trinajstić information content (AvgIpc) is 2.39. The number of para-hydroxylation sites is 1. The van der Waals surface area contributed by atoms with E-state index in [4.69, 9.17) is 14.8 Å². The molecule has 0 heterocycles. The number of rotatable bonds is 4. The first-order chi connectivity index (χ1) is 8.69. The monoisotopic (exact) mass is 242 g/mol. The fourth-order valence-electron chi connectivity index (χ4n) is 1.55. The van der Waals surface area contributed by atoms with Crippen LogP contribution in [0.2, 0.25) is 0 Å². The molecule has 0 spiro atoms. The van der Waals surface area contributed by atoms with Gasteiger partial charge in [0.25, 0.3) is 0 Å². The molecule has 0 bridgehead atoms. The molecule has 0 atom stereocenters. The first kappa shape index (κ1) is 12.4. The smallest absolute Gasteiger partial charge is 0.457 e. The summed E-state index contributed by atoms with van der Waals surface area (Å²) in [6.45, 7) is 0. The molecular formula is C13H11BO4. The fraction of sp³-hybridized carbons (Fsp3) is 0. The predicted octanol–water partition coefficient (Wildman–Crippen LogP) is 0.971. The minimum absolute atomic E-state index is 0.213. The standard InChI is InChI=1S/C13H11BO4/c15-9-10-6-11(14(16)17)8-13(7-10)18-12-4-2-1-3-5-12/h1-9,16-17H. The lowest BCUT2D eigenvalue weighted by atomic mass is 9.79. The van der Waals surface area contributed by atoms with E-state index >= 15 is 0 Å². The van der Waals surface area contributed by atoms with Crippen LogP contribution in [0.1, 0.15) is 10.4 Å². The van der Waals surface area contributed by atoms with Crippen molar-refractivity contribution in [3.8, 4) is 11.5 Å². The van der Waals surface area contributed by atoms with Crippen molar-refractivity contribution >= 4 is 18.9 Å². The molecule has 0 aliphatic carbocycles. The number of carbonyl (C=O) groups is 1. The van der Waals surface area contributed by atoms with Crippen molar-refractivity contribution in [1.82, 2.24) is 0 Å². The van der Waals surface area contributed by atoms with Gasteiger partial charge in [0.2, 0.25) is 0 Å². The second-order valence-corrected chi connectivity index (χ2v) is 3.74. The Morgan fingerprint density at radius 3 is 2.33 bits per heavy atom. The molecule has 0 amide bonds. The molecule has 90 valence electrons. The molecule has 18 heavy (non-hydrogen) atoms. The third kappa shape index (κ3) is 2.97. The van der Waals surface area contributed by atoms with Crippen LogP contribution in [0.25, 0.3) is 0 Å². The first-order valence-electron chi connectivity index (χ1n) is 5.38. The van der Waals surface area contributed by atoms with Crippen molar-refractivity contribution in [2.75, 3.05) is 0 Å². The summed E-state index contributed by atoms with van der Waals surface area (Å²) in [6, 6.07) is 13.4. The molecule has 0 radical (unpaired) electrons. The summed E-state index contributed by atoms with van der Waals surface area (Å²) in [5.74, 6) is 0.993. The number of hydrogen-bond acceptors (Lipinski definition) is 4. The largest absolute Gasteiger partial charge is 0.488 e. The van der Waals surface area contributed by atoms with Crippen LogP contribution in [0.15, 0.2) is 48.5 Å². The van der Waals surface area contributed by atoms with Gasteiger partial charge in [0.1, 0.15) is 17.8 Å². The molecule has 2 rings (SSSR count). The SMILES string of the molecule is O=Cc1cc(Oc2ccccc2)cc(B(O)O)c1. The summed E-state index contributed by atoms with van der Waals surface area (Å²) in [6.07, 6.45) is 0.629. The number of carbonyl (C=O) groups excluding carboxylic acids is 1. The maximum atomic E-state index is 10.8. The van der Waals surface area contributed by atoms with Crippen molar-refractivity contribution in [1.29, 1.82) is 0 Å². The van der Waals surface area contributed by atoms with Crippen LogP contribution in [0.3, 0.4) is 0 Å². The van der Waals surface area contributed by atoms with Crippen LogP contribution in [-0.2, 0) is 0 Å². The van der Waals surface area contributed by atoms with Crippen LogP contribution in [-0.4, -0.2) is 23.5 Å². The Bertz CT molecular complexity index is 540. The van der Waals surface area contributed by atoms with Crippen LogP contribution in [0.4, 0.5) is 0 Å². The van der Waals surface area contributed by atoms with Crippen LogP contribution < -0.4 is 10.2 Å². The Hall–Kier alpha value is -2.11. The quantitative estimate of drug-likeness (QED) is 0.619. The topological polar surface area (TPSA) is 66.8 Å². The summed E-state index contributed by atoms with van der Waals surface area (Å²) in [4.78, 5) is 10.8. The molecule has 0 aromatic heterocycles. The van der Waals surface area contributed by atoms with Crippen molar-refractivity contribution in [2.24, 2.45) is 0 Å². The lowest BCUT2D eigenvalue weighted by Gasteiger charge is -2.08. The molecule has 2 N–H and O–H groups in total. The van der Waals surface area contributed by atoms with Gasteiger partial charge in [-0.3, -0.25) is 4.79 Å². The summed E-state index contributed by atoms with van der Waals surface area (Å²) in [5.41, 5.74) is 0.539. The van der Waals surface area contributed by atoms with Gasteiger partial charge in [-0.05, 0) is 29.7 Å². The van der Waals surface area contributed by atoms with Gasteiger partial charge in [0.15, 0.2) is 0 Å².